The molecule has 0 unspecified atom stereocenters. The average molecular weight is 248 g/mol. The number of rotatable bonds is 4. The lowest BCUT2D eigenvalue weighted by molar-refractivity contribution is 0.360. The summed E-state index contributed by atoms with van der Waals surface area (Å²) in [5.41, 5.74) is 3.19. The van der Waals surface area contributed by atoms with E-state index in [1.54, 1.807) is 12.3 Å². The van der Waals surface area contributed by atoms with Crippen LogP contribution in [0.3, 0.4) is 0 Å². The summed E-state index contributed by atoms with van der Waals surface area (Å²) < 4.78 is 10.3. The third-order valence-electron chi connectivity index (χ3n) is 2.00. The number of anilines is 1. The van der Waals surface area contributed by atoms with Crippen molar-refractivity contribution in [3.63, 3.8) is 0 Å². The van der Waals surface area contributed by atoms with Crippen LogP contribution in [0.1, 0.15) is 5.69 Å². The molecule has 2 aromatic rings. The predicted octanol–water partition coefficient (Wildman–Crippen LogP) is 0.662. The molecule has 0 aliphatic rings. The Bertz CT molecular complexity index is 508. The molecule has 0 radical (unpaired) electrons. The van der Waals surface area contributed by atoms with E-state index in [9.17, 15) is 0 Å². The standard InChI is InChI=1S/C10H12N6O2/c1-6-3-4-7(5-12-6)18-10-14-8(16-11)13-9(15-10)17-2/h3-5H,11H2,1-2H3,(H,13,14,15,16). The second-order valence-electron chi connectivity index (χ2n) is 3.31. The van der Waals surface area contributed by atoms with Gasteiger partial charge in [-0.2, -0.15) is 9.97 Å². The van der Waals surface area contributed by atoms with Crippen LogP contribution in [0.4, 0.5) is 5.95 Å². The molecule has 2 aromatic heterocycles. The van der Waals surface area contributed by atoms with Gasteiger partial charge in [-0.25, -0.2) is 5.84 Å². The van der Waals surface area contributed by atoms with Gasteiger partial charge in [0.2, 0.25) is 5.95 Å². The van der Waals surface area contributed by atoms with Crippen LogP contribution in [-0.2, 0) is 0 Å². The summed E-state index contributed by atoms with van der Waals surface area (Å²) in [6.45, 7) is 1.88. The largest absolute Gasteiger partial charge is 0.467 e. The first-order valence-electron chi connectivity index (χ1n) is 5.08. The number of hydrazine groups is 1. The molecule has 2 heterocycles. The number of methoxy groups -OCH3 is 1. The summed E-state index contributed by atoms with van der Waals surface area (Å²) in [7, 11) is 1.44. The van der Waals surface area contributed by atoms with Crippen molar-refractivity contribution < 1.29 is 9.47 Å². The molecule has 0 saturated heterocycles. The maximum absolute atomic E-state index is 5.42. The van der Waals surface area contributed by atoms with Crippen LogP contribution in [0, 0.1) is 6.92 Å². The lowest BCUT2D eigenvalue weighted by Crippen LogP contribution is -2.12. The highest BCUT2D eigenvalue weighted by Crippen LogP contribution is 2.19. The number of aryl methyl sites for hydroxylation is 1. The van der Waals surface area contributed by atoms with Gasteiger partial charge in [0.05, 0.1) is 13.3 Å². The van der Waals surface area contributed by atoms with Crippen LogP contribution < -0.4 is 20.7 Å². The number of nitrogens with one attached hydrogen (secondary N) is 1. The zero-order valence-electron chi connectivity index (χ0n) is 9.91. The SMILES string of the molecule is COc1nc(NN)nc(Oc2ccc(C)nc2)n1. The van der Waals surface area contributed by atoms with E-state index < -0.39 is 0 Å². The van der Waals surface area contributed by atoms with E-state index in [4.69, 9.17) is 15.3 Å². The fraction of sp³-hybridized carbons (Fsp3) is 0.200. The molecule has 8 nitrogen and oxygen atoms in total. The van der Waals surface area contributed by atoms with Gasteiger partial charge in [-0.05, 0) is 19.1 Å². The first-order chi connectivity index (χ1) is 8.71. The molecule has 18 heavy (non-hydrogen) atoms. The first-order valence-corrected chi connectivity index (χ1v) is 5.08. The van der Waals surface area contributed by atoms with Crippen LogP contribution in [-0.4, -0.2) is 27.0 Å². The molecule has 0 amide bonds. The maximum atomic E-state index is 5.42. The first kappa shape index (κ1) is 12.0. The number of nitrogens with two attached hydrogens (primary N) is 1. The van der Waals surface area contributed by atoms with Gasteiger partial charge >= 0.3 is 12.0 Å². The van der Waals surface area contributed by atoms with Crippen molar-refractivity contribution in [2.45, 2.75) is 6.92 Å². The van der Waals surface area contributed by atoms with Crippen LogP contribution in [0.25, 0.3) is 0 Å². The number of nitrogen functional groups attached to an aromatic ring is 1. The van der Waals surface area contributed by atoms with Gasteiger partial charge in [0.1, 0.15) is 5.75 Å². The molecule has 0 spiro atoms. The lowest BCUT2D eigenvalue weighted by atomic mass is 10.4. The Kier molecular flexibility index (Phi) is 3.49. The molecule has 0 aliphatic carbocycles. The molecule has 2 rings (SSSR count). The van der Waals surface area contributed by atoms with Crippen molar-refractivity contribution in [2.24, 2.45) is 5.84 Å². The second kappa shape index (κ2) is 5.23. The third kappa shape index (κ3) is 2.80. The van der Waals surface area contributed by atoms with Gasteiger partial charge in [-0.1, -0.05) is 0 Å². The molecule has 3 N–H and O–H groups in total. The van der Waals surface area contributed by atoms with Crippen LogP contribution >= 0.6 is 0 Å². The van der Waals surface area contributed by atoms with E-state index in [0.717, 1.165) is 5.69 Å². The molecule has 0 aliphatic heterocycles. The highest BCUT2D eigenvalue weighted by Gasteiger charge is 2.08. The Morgan fingerprint density at radius 2 is 1.94 bits per heavy atom. The Hall–Kier alpha value is -2.48. The van der Waals surface area contributed by atoms with Gasteiger partial charge < -0.3 is 9.47 Å². The van der Waals surface area contributed by atoms with Gasteiger partial charge in [0.15, 0.2) is 0 Å². The number of pyridine rings is 1. The molecule has 8 heteroatoms. The van der Waals surface area contributed by atoms with Crippen LogP contribution in [0.5, 0.6) is 17.8 Å². The number of nitrogens with zero attached hydrogens (tertiary/aromatic N) is 4. The Morgan fingerprint density at radius 3 is 2.56 bits per heavy atom. The van der Waals surface area contributed by atoms with E-state index in [1.807, 2.05) is 13.0 Å². The fourth-order valence-corrected chi connectivity index (χ4v) is 1.16. The molecule has 0 bridgehead atoms. The van der Waals surface area contributed by atoms with Gasteiger partial charge in [0, 0.05) is 5.69 Å². The molecule has 94 valence electrons. The Balaban J connectivity index is 2.25. The zero-order valence-corrected chi connectivity index (χ0v) is 9.91. The summed E-state index contributed by atoms with van der Waals surface area (Å²) in [4.78, 5) is 15.8. The number of aromatic nitrogens is 4. The van der Waals surface area contributed by atoms with E-state index in [-0.39, 0.29) is 18.0 Å². The Labute approximate surface area is 103 Å². The second-order valence-corrected chi connectivity index (χ2v) is 3.31. The summed E-state index contributed by atoms with van der Waals surface area (Å²) in [5.74, 6) is 5.89. The van der Waals surface area contributed by atoms with Crippen molar-refractivity contribution in [3.8, 4) is 17.8 Å². The predicted molar refractivity (Wildman–Crippen MR) is 63.2 cm³/mol. The highest BCUT2D eigenvalue weighted by atomic mass is 16.5. The molecule has 0 atom stereocenters. The van der Waals surface area contributed by atoms with E-state index in [1.165, 1.54) is 7.11 Å². The van der Waals surface area contributed by atoms with Crippen molar-refractivity contribution in [1.82, 2.24) is 19.9 Å². The summed E-state index contributed by atoms with van der Waals surface area (Å²) in [6, 6.07) is 3.75. The molecule has 0 fully saturated rings. The molecule has 0 saturated carbocycles. The minimum Gasteiger partial charge on any atom is -0.467 e. The summed E-state index contributed by atoms with van der Waals surface area (Å²) >= 11 is 0. The minimum absolute atomic E-state index is 0.0699. The van der Waals surface area contributed by atoms with E-state index >= 15 is 0 Å². The van der Waals surface area contributed by atoms with E-state index in [2.05, 4.69) is 25.4 Å². The smallest absolute Gasteiger partial charge is 0.330 e. The van der Waals surface area contributed by atoms with Crippen molar-refractivity contribution in [1.29, 1.82) is 0 Å². The highest BCUT2D eigenvalue weighted by molar-refractivity contribution is 5.28. The zero-order chi connectivity index (χ0) is 13.0. The summed E-state index contributed by atoms with van der Waals surface area (Å²) in [6.07, 6.45) is 1.57. The number of hydrogen-bond acceptors (Lipinski definition) is 8. The van der Waals surface area contributed by atoms with E-state index in [0.29, 0.717) is 5.75 Å². The third-order valence-corrected chi connectivity index (χ3v) is 2.00. The summed E-state index contributed by atoms with van der Waals surface area (Å²) in [5, 5.41) is 0. The maximum Gasteiger partial charge on any atom is 0.330 e. The topological polar surface area (TPSA) is 108 Å². The van der Waals surface area contributed by atoms with Crippen molar-refractivity contribution >= 4 is 5.95 Å². The molecular formula is C10H12N6O2. The lowest BCUT2D eigenvalue weighted by Gasteiger charge is -2.06. The monoisotopic (exact) mass is 248 g/mol. The minimum atomic E-state index is 0.0699. The molecular weight excluding hydrogens is 236 g/mol. The van der Waals surface area contributed by atoms with Gasteiger partial charge in [0.25, 0.3) is 0 Å². The number of hydrogen-bond donors (Lipinski definition) is 2. The fourth-order valence-electron chi connectivity index (χ4n) is 1.16. The van der Waals surface area contributed by atoms with Crippen LogP contribution in [0.15, 0.2) is 18.3 Å². The van der Waals surface area contributed by atoms with Crippen molar-refractivity contribution in [3.05, 3.63) is 24.0 Å². The number of ether oxygens (including phenoxy) is 2. The molecule has 0 aromatic carbocycles. The Morgan fingerprint density at radius 1 is 1.17 bits per heavy atom. The quantitative estimate of drug-likeness (QED) is 0.600. The normalized spacial score (nSPS) is 9.94. The van der Waals surface area contributed by atoms with Crippen LogP contribution in [0.2, 0.25) is 0 Å². The van der Waals surface area contributed by atoms with Crippen molar-refractivity contribution in [2.75, 3.05) is 12.5 Å². The average Bonchev–Trinajstić information content (AvgIpc) is 2.41. The van der Waals surface area contributed by atoms with Gasteiger partial charge in [-0.15, -0.1) is 4.98 Å². The van der Waals surface area contributed by atoms with Gasteiger partial charge in [-0.3, -0.25) is 10.4 Å².